The molecular weight excluding hydrogens is 944 g/mol. The molecule has 0 bridgehead atoms. The van der Waals surface area contributed by atoms with Crippen LogP contribution in [0.15, 0.2) is 73.2 Å². The molecule has 17 heteroatoms. The molecule has 5 aromatic heterocycles. The van der Waals surface area contributed by atoms with Gasteiger partial charge in [0.05, 0.1) is 87.9 Å². The van der Waals surface area contributed by atoms with Gasteiger partial charge in [-0.25, -0.2) is 42.5 Å². The highest BCUT2D eigenvalue weighted by molar-refractivity contribution is 6.36. The molecule has 4 aliphatic heterocycles. The average Bonchev–Trinajstić information content (AvgIpc) is 3.39. The summed E-state index contributed by atoms with van der Waals surface area (Å²) in [6.07, 6.45) is 10.1. The van der Waals surface area contributed by atoms with Crippen LogP contribution in [0.4, 0.5) is 52.1 Å². The number of anilines is 6. The predicted octanol–water partition coefficient (Wildman–Crippen LogP) is 11.7. The number of hydrogen-bond acceptors (Lipinski definition) is 12. The van der Waals surface area contributed by atoms with E-state index >= 15 is 4.39 Å². The van der Waals surface area contributed by atoms with Gasteiger partial charge in [0.2, 0.25) is 0 Å². The van der Waals surface area contributed by atoms with E-state index in [0.717, 1.165) is 122 Å². The Morgan fingerprint density at radius 3 is 1.56 bits per heavy atom. The van der Waals surface area contributed by atoms with Gasteiger partial charge in [0.25, 0.3) is 0 Å². The highest BCUT2D eigenvalue weighted by Crippen LogP contribution is 2.41. The van der Waals surface area contributed by atoms with Crippen molar-refractivity contribution >= 4 is 67.9 Å². The van der Waals surface area contributed by atoms with Gasteiger partial charge in [-0.05, 0) is 92.8 Å². The van der Waals surface area contributed by atoms with E-state index in [1.165, 1.54) is 25.0 Å². The maximum Gasteiger partial charge on any atom is 0.152 e. The first-order valence-corrected chi connectivity index (χ1v) is 25.4. The SMILES string of the molecule is Cc1c(-c2ccc(N3CCC(C)CC3)nc2)nc2cc(F)cc(F)c2c1Cl.Cc1c(-c2ccc(N3CCC(C)CC3)nc2)nc2cc(F)cc(F)c2c1Nc1cc(N2CCOCC2)cnc1N1CCOCC1. The van der Waals surface area contributed by atoms with E-state index in [1.54, 1.807) is 13.1 Å². The largest absolute Gasteiger partial charge is 0.378 e. The van der Waals surface area contributed by atoms with E-state index in [2.05, 4.69) is 54.8 Å². The van der Waals surface area contributed by atoms with Crippen molar-refractivity contribution in [2.45, 2.75) is 53.4 Å². The summed E-state index contributed by atoms with van der Waals surface area (Å²) in [5, 5.41) is 4.19. The van der Waals surface area contributed by atoms with E-state index in [9.17, 15) is 13.2 Å². The van der Waals surface area contributed by atoms with Crippen molar-refractivity contribution in [3.8, 4) is 22.5 Å². The molecular formula is C55H59ClF4N10O2. The smallest absolute Gasteiger partial charge is 0.152 e. The van der Waals surface area contributed by atoms with Crippen LogP contribution in [-0.4, -0.2) is 104 Å². The third-order valence-electron chi connectivity index (χ3n) is 14.5. The number of benzene rings is 2. The Morgan fingerprint density at radius 1 is 0.556 bits per heavy atom. The molecule has 7 aromatic rings. The Hall–Kier alpha value is -6.36. The summed E-state index contributed by atoms with van der Waals surface area (Å²) < 4.78 is 69.1. The van der Waals surface area contributed by atoms with Crippen LogP contribution in [-0.2, 0) is 9.47 Å². The number of pyridine rings is 5. The quantitative estimate of drug-likeness (QED) is 0.146. The number of fused-ring (bicyclic) bond motifs is 2. The maximum absolute atomic E-state index is 15.6. The molecule has 1 N–H and O–H groups in total. The van der Waals surface area contributed by atoms with Crippen LogP contribution in [0.25, 0.3) is 44.3 Å². The molecule has 4 fully saturated rings. The van der Waals surface area contributed by atoms with Gasteiger partial charge in [-0.15, -0.1) is 0 Å². The Labute approximate surface area is 422 Å². The van der Waals surface area contributed by atoms with Gasteiger partial charge in [0, 0.05) is 100 Å². The summed E-state index contributed by atoms with van der Waals surface area (Å²) in [5.41, 5.74) is 6.79. The lowest BCUT2D eigenvalue weighted by Gasteiger charge is -2.32. The van der Waals surface area contributed by atoms with Crippen molar-refractivity contribution in [3.63, 3.8) is 0 Å². The molecule has 0 spiro atoms. The molecule has 9 heterocycles. The number of morpholine rings is 2. The van der Waals surface area contributed by atoms with Crippen molar-refractivity contribution < 1.29 is 27.0 Å². The minimum Gasteiger partial charge on any atom is -0.378 e. The van der Waals surface area contributed by atoms with Crippen molar-refractivity contribution in [2.75, 3.05) is 104 Å². The average molecular weight is 1000 g/mol. The number of ether oxygens (including phenoxy) is 2. The van der Waals surface area contributed by atoms with Gasteiger partial charge in [-0.3, -0.25) is 0 Å². The zero-order valence-electron chi connectivity index (χ0n) is 41.1. The monoisotopic (exact) mass is 1000 g/mol. The summed E-state index contributed by atoms with van der Waals surface area (Å²) in [5.74, 6) is 1.38. The zero-order chi connectivity index (χ0) is 50.0. The lowest BCUT2D eigenvalue weighted by molar-refractivity contribution is 0.122. The number of aromatic nitrogens is 5. The second kappa shape index (κ2) is 21.4. The lowest BCUT2D eigenvalue weighted by atomic mass is 9.99. The first-order valence-electron chi connectivity index (χ1n) is 25.0. The fourth-order valence-corrected chi connectivity index (χ4v) is 10.4. The predicted molar refractivity (Wildman–Crippen MR) is 279 cm³/mol. The van der Waals surface area contributed by atoms with Gasteiger partial charge >= 0.3 is 0 Å². The van der Waals surface area contributed by atoms with Crippen LogP contribution in [0, 0.1) is 49.0 Å². The van der Waals surface area contributed by atoms with Gasteiger partial charge in [0.1, 0.15) is 34.9 Å². The Morgan fingerprint density at radius 2 is 1.04 bits per heavy atom. The molecule has 2 aromatic carbocycles. The summed E-state index contributed by atoms with van der Waals surface area (Å²) in [7, 11) is 0. The summed E-state index contributed by atoms with van der Waals surface area (Å²) >= 11 is 6.37. The third-order valence-corrected chi connectivity index (χ3v) is 14.9. The molecule has 12 nitrogen and oxygen atoms in total. The molecule has 0 atom stereocenters. The number of piperidine rings is 2. The van der Waals surface area contributed by atoms with Crippen LogP contribution in [0.1, 0.15) is 50.7 Å². The summed E-state index contributed by atoms with van der Waals surface area (Å²) in [6, 6.07) is 14.2. The lowest BCUT2D eigenvalue weighted by Crippen LogP contribution is -2.38. The van der Waals surface area contributed by atoms with Crippen LogP contribution in [0.5, 0.6) is 0 Å². The van der Waals surface area contributed by atoms with Crippen LogP contribution < -0.4 is 24.9 Å². The molecule has 4 saturated heterocycles. The summed E-state index contributed by atoms with van der Waals surface area (Å²) in [4.78, 5) is 32.5. The van der Waals surface area contributed by atoms with Gasteiger partial charge in [-0.2, -0.15) is 0 Å². The molecule has 0 radical (unpaired) electrons. The van der Waals surface area contributed by atoms with Crippen molar-refractivity contribution in [3.05, 3.63) is 113 Å². The van der Waals surface area contributed by atoms with E-state index in [4.69, 9.17) is 36.0 Å². The molecule has 0 saturated carbocycles. The minimum atomic E-state index is -0.704. The molecule has 0 aliphatic carbocycles. The second-order valence-corrected chi connectivity index (χ2v) is 19.8. The van der Waals surface area contributed by atoms with Crippen LogP contribution >= 0.6 is 11.6 Å². The molecule has 0 amide bonds. The Bertz CT molecular complexity index is 3070. The Balaban J connectivity index is 0.000000188. The first kappa shape index (κ1) is 49.2. The maximum atomic E-state index is 15.6. The Kier molecular flexibility index (Phi) is 14.6. The second-order valence-electron chi connectivity index (χ2n) is 19.5. The summed E-state index contributed by atoms with van der Waals surface area (Å²) in [6.45, 7) is 17.6. The fraction of sp³-hybridized carbons (Fsp3) is 0.400. The molecule has 376 valence electrons. The molecule has 72 heavy (non-hydrogen) atoms. The van der Waals surface area contributed by atoms with E-state index in [-0.39, 0.29) is 26.8 Å². The molecule has 11 rings (SSSR count). The standard InChI is InChI=1S/C34H39F2N7O2.C21H20ClF2N3/c1-22-5-7-42(8-6-22)30-4-3-24(20-37-30)32-23(2)33(31-27(36)17-25(35)18-28(31)39-32)40-29-19-26(41-9-13-44-14-10-41)21-38-34(29)43-11-15-45-16-12-43;1-12-5-7-27(8-6-12)18-4-3-14(11-25-18)21-13(2)20(22)19-16(24)9-15(23)10-17(19)26-21/h3-4,17-22H,5-16H2,1-2H3,(H,39,40);3-4,9-12H,5-8H2,1-2H3. The number of rotatable bonds is 8. The van der Waals surface area contributed by atoms with E-state index in [1.807, 2.05) is 43.6 Å². The zero-order valence-corrected chi connectivity index (χ0v) is 41.9. The van der Waals surface area contributed by atoms with Gasteiger partial charge in [-0.1, -0.05) is 25.4 Å². The topological polar surface area (TPSA) is 108 Å². The normalized spacial score (nSPS) is 17.1. The number of hydrogen-bond donors (Lipinski definition) is 1. The van der Waals surface area contributed by atoms with E-state index < -0.39 is 23.3 Å². The van der Waals surface area contributed by atoms with Crippen molar-refractivity contribution in [1.82, 2.24) is 24.9 Å². The highest BCUT2D eigenvalue weighted by atomic mass is 35.5. The van der Waals surface area contributed by atoms with Crippen LogP contribution in [0.3, 0.4) is 0 Å². The van der Waals surface area contributed by atoms with E-state index in [0.29, 0.717) is 62.2 Å². The van der Waals surface area contributed by atoms with Crippen molar-refractivity contribution in [2.24, 2.45) is 11.8 Å². The molecule has 4 aliphatic rings. The van der Waals surface area contributed by atoms with Crippen molar-refractivity contribution in [1.29, 1.82) is 0 Å². The minimum absolute atomic E-state index is 0.145. The fourth-order valence-electron chi connectivity index (χ4n) is 10.1. The van der Waals surface area contributed by atoms with Crippen LogP contribution in [0.2, 0.25) is 5.02 Å². The molecule has 0 unspecified atom stereocenters. The van der Waals surface area contributed by atoms with Gasteiger partial charge < -0.3 is 34.4 Å². The van der Waals surface area contributed by atoms with Gasteiger partial charge in [0.15, 0.2) is 5.82 Å². The number of nitrogens with one attached hydrogen (secondary N) is 1. The third kappa shape index (κ3) is 10.4. The number of nitrogens with zero attached hydrogens (tertiary/aromatic N) is 9. The highest BCUT2D eigenvalue weighted by Gasteiger charge is 2.25. The number of halogens is 5. The first-order chi connectivity index (χ1) is 34.9.